The molecule has 0 atom stereocenters. The molecule has 84 valence electrons. The van der Waals surface area contributed by atoms with Gasteiger partial charge in [0.15, 0.2) is 0 Å². The molecule has 0 spiro atoms. The first-order valence-electron chi connectivity index (χ1n) is 5.41. The van der Waals surface area contributed by atoms with Gasteiger partial charge in [-0.2, -0.15) is 0 Å². The van der Waals surface area contributed by atoms with Gasteiger partial charge in [0.05, 0.1) is 0 Å². The molecule has 0 fully saturated rings. The van der Waals surface area contributed by atoms with Crippen LogP contribution in [0.4, 0.5) is 5.82 Å². The second-order valence-corrected chi connectivity index (χ2v) is 4.91. The molecule has 0 saturated heterocycles. The number of hydrogen-bond donors (Lipinski definition) is 1. The monoisotopic (exact) mass is 225 g/mol. The lowest BCUT2D eigenvalue weighted by Crippen LogP contribution is -2.02. The summed E-state index contributed by atoms with van der Waals surface area (Å²) >= 11 is 1.79. The fourth-order valence-corrected chi connectivity index (χ4v) is 1.84. The predicted octanol–water partition coefficient (Wildman–Crippen LogP) is 3.05. The van der Waals surface area contributed by atoms with Crippen LogP contribution in [0.25, 0.3) is 0 Å². The standard InChI is InChI=1S/C11H19N3S/c1-4-5-12-10-6-11(14-8-13-10)15-7-9(2)3/h6,8-9H,4-5,7H2,1-3H3,(H,12,13,14). The number of nitrogens with zero attached hydrogens (tertiary/aromatic N) is 2. The van der Waals surface area contributed by atoms with E-state index in [1.54, 1.807) is 18.1 Å². The second-order valence-electron chi connectivity index (χ2n) is 3.87. The Morgan fingerprint density at radius 1 is 1.40 bits per heavy atom. The Bertz CT molecular complexity index is 289. The Kier molecular flexibility index (Phi) is 5.47. The molecule has 0 bridgehead atoms. The number of thioether (sulfide) groups is 1. The van der Waals surface area contributed by atoms with E-state index in [-0.39, 0.29) is 0 Å². The average Bonchev–Trinajstić information content (AvgIpc) is 2.24. The largest absolute Gasteiger partial charge is 0.370 e. The van der Waals surface area contributed by atoms with Gasteiger partial charge >= 0.3 is 0 Å². The molecule has 1 heterocycles. The second kappa shape index (κ2) is 6.67. The maximum atomic E-state index is 4.23. The van der Waals surface area contributed by atoms with E-state index < -0.39 is 0 Å². The van der Waals surface area contributed by atoms with Gasteiger partial charge in [-0.25, -0.2) is 9.97 Å². The normalized spacial score (nSPS) is 10.7. The summed E-state index contributed by atoms with van der Waals surface area (Å²) < 4.78 is 0. The molecule has 1 aromatic rings. The van der Waals surface area contributed by atoms with Crippen LogP contribution < -0.4 is 5.32 Å². The number of anilines is 1. The highest BCUT2D eigenvalue weighted by Gasteiger charge is 2.00. The van der Waals surface area contributed by atoms with Gasteiger partial charge in [0.25, 0.3) is 0 Å². The summed E-state index contributed by atoms with van der Waals surface area (Å²) in [4.78, 5) is 8.40. The molecule has 0 aliphatic heterocycles. The molecule has 0 amide bonds. The zero-order valence-electron chi connectivity index (χ0n) is 9.66. The number of hydrogen-bond acceptors (Lipinski definition) is 4. The molecule has 4 heteroatoms. The van der Waals surface area contributed by atoms with E-state index in [4.69, 9.17) is 0 Å². The van der Waals surface area contributed by atoms with Crippen LogP contribution in [0.15, 0.2) is 17.4 Å². The first-order valence-corrected chi connectivity index (χ1v) is 6.39. The van der Waals surface area contributed by atoms with Crippen molar-refractivity contribution in [2.45, 2.75) is 32.2 Å². The number of nitrogens with one attached hydrogen (secondary N) is 1. The number of rotatable bonds is 6. The first kappa shape index (κ1) is 12.3. The molecule has 0 aliphatic rings. The summed E-state index contributed by atoms with van der Waals surface area (Å²) in [5.74, 6) is 2.72. The Morgan fingerprint density at radius 3 is 2.87 bits per heavy atom. The van der Waals surface area contributed by atoms with Crippen molar-refractivity contribution in [2.75, 3.05) is 17.6 Å². The summed E-state index contributed by atoms with van der Waals surface area (Å²) in [6, 6.07) is 2.02. The molecule has 0 aliphatic carbocycles. The molecule has 0 radical (unpaired) electrons. The lowest BCUT2D eigenvalue weighted by Gasteiger charge is -2.06. The molecule has 0 aromatic carbocycles. The molecule has 0 saturated carbocycles. The van der Waals surface area contributed by atoms with Gasteiger partial charge in [-0.1, -0.05) is 20.8 Å². The van der Waals surface area contributed by atoms with Gasteiger partial charge in [-0.05, 0) is 12.3 Å². The minimum absolute atomic E-state index is 0.692. The maximum Gasteiger partial charge on any atom is 0.130 e. The topological polar surface area (TPSA) is 37.8 Å². The van der Waals surface area contributed by atoms with Gasteiger partial charge in [-0.15, -0.1) is 11.8 Å². The molecule has 1 aromatic heterocycles. The van der Waals surface area contributed by atoms with Crippen LogP contribution in [0, 0.1) is 5.92 Å². The summed E-state index contributed by atoms with van der Waals surface area (Å²) in [6.45, 7) is 7.53. The van der Waals surface area contributed by atoms with E-state index in [0.717, 1.165) is 29.6 Å². The Balaban J connectivity index is 2.50. The van der Waals surface area contributed by atoms with Crippen molar-refractivity contribution in [3.63, 3.8) is 0 Å². The zero-order chi connectivity index (χ0) is 11.1. The van der Waals surface area contributed by atoms with E-state index in [1.165, 1.54) is 0 Å². The van der Waals surface area contributed by atoms with Crippen LogP contribution in [0.3, 0.4) is 0 Å². The van der Waals surface area contributed by atoms with Crippen molar-refractivity contribution in [1.82, 2.24) is 9.97 Å². The summed E-state index contributed by atoms with van der Waals surface area (Å²) in [5.41, 5.74) is 0. The third-order valence-electron chi connectivity index (χ3n) is 1.76. The van der Waals surface area contributed by atoms with Crippen molar-refractivity contribution in [3.8, 4) is 0 Å². The Labute approximate surface area is 96.1 Å². The van der Waals surface area contributed by atoms with E-state index >= 15 is 0 Å². The lowest BCUT2D eigenvalue weighted by molar-refractivity contribution is 0.749. The highest BCUT2D eigenvalue weighted by Crippen LogP contribution is 2.19. The molecular formula is C11H19N3S. The van der Waals surface area contributed by atoms with E-state index in [2.05, 4.69) is 36.1 Å². The average molecular weight is 225 g/mol. The van der Waals surface area contributed by atoms with Crippen molar-refractivity contribution in [1.29, 1.82) is 0 Å². The van der Waals surface area contributed by atoms with Crippen molar-refractivity contribution in [2.24, 2.45) is 5.92 Å². The molecular weight excluding hydrogens is 206 g/mol. The summed E-state index contributed by atoms with van der Waals surface area (Å²) in [7, 11) is 0. The number of aromatic nitrogens is 2. The highest BCUT2D eigenvalue weighted by atomic mass is 32.2. The van der Waals surface area contributed by atoms with Crippen LogP contribution in [0.2, 0.25) is 0 Å². The van der Waals surface area contributed by atoms with Gasteiger partial charge < -0.3 is 5.32 Å². The van der Waals surface area contributed by atoms with Crippen LogP contribution in [0.5, 0.6) is 0 Å². The lowest BCUT2D eigenvalue weighted by atomic mass is 10.3. The molecule has 3 nitrogen and oxygen atoms in total. The SMILES string of the molecule is CCCNc1cc(SCC(C)C)ncn1. The van der Waals surface area contributed by atoms with E-state index in [1.807, 2.05) is 6.07 Å². The summed E-state index contributed by atoms with van der Waals surface area (Å²) in [6.07, 6.45) is 2.74. The minimum atomic E-state index is 0.692. The van der Waals surface area contributed by atoms with E-state index in [0.29, 0.717) is 5.92 Å². The Morgan fingerprint density at radius 2 is 2.20 bits per heavy atom. The van der Waals surface area contributed by atoms with Crippen LogP contribution >= 0.6 is 11.8 Å². The quantitative estimate of drug-likeness (QED) is 0.596. The van der Waals surface area contributed by atoms with Crippen LogP contribution in [0.1, 0.15) is 27.2 Å². The fourth-order valence-electron chi connectivity index (χ4n) is 1.02. The summed E-state index contributed by atoms with van der Waals surface area (Å²) in [5, 5.41) is 4.31. The van der Waals surface area contributed by atoms with Gasteiger partial charge in [0, 0.05) is 18.4 Å². The molecule has 15 heavy (non-hydrogen) atoms. The van der Waals surface area contributed by atoms with Crippen molar-refractivity contribution in [3.05, 3.63) is 12.4 Å². The minimum Gasteiger partial charge on any atom is -0.370 e. The van der Waals surface area contributed by atoms with Gasteiger partial charge in [0.1, 0.15) is 17.2 Å². The Hall–Kier alpha value is -0.770. The first-order chi connectivity index (χ1) is 7.22. The van der Waals surface area contributed by atoms with Crippen molar-refractivity contribution < 1.29 is 0 Å². The zero-order valence-corrected chi connectivity index (χ0v) is 10.5. The molecule has 1 rings (SSSR count). The highest BCUT2D eigenvalue weighted by molar-refractivity contribution is 7.99. The van der Waals surface area contributed by atoms with Gasteiger partial charge in [-0.3, -0.25) is 0 Å². The molecule has 1 N–H and O–H groups in total. The van der Waals surface area contributed by atoms with Crippen molar-refractivity contribution >= 4 is 17.6 Å². The third-order valence-corrected chi connectivity index (χ3v) is 3.12. The molecule has 0 unspecified atom stereocenters. The smallest absolute Gasteiger partial charge is 0.130 e. The van der Waals surface area contributed by atoms with Crippen LogP contribution in [-0.4, -0.2) is 22.3 Å². The van der Waals surface area contributed by atoms with E-state index in [9.17, 15) is 0 Å². The van der Waals surface area contributed by atoms with Gasteiger partial charge in [0.2, 0.25) is 0 Å². The third kappa shape index (κ3) is 5.02. The maximum absolute atomic E-state index is 4.23. The fraction of sp³-hybridized carbons (Fsp3) is 0.636. The predicted molar refractivity (Wildman–Crippen MR) is 66.4 cm³/mol. The van der Waals surface area contributed by atoms with Crippen LogP contribution in [-0.2, 0) is 0 Å².